The van der Waals surface area contributed by atoms with Gasteiger partial charge in [0.15, 0.2) is 0 Å². The van der Waals surface area contributed by atoms with Crippen LogP contribution < -0.4 is 15.3 Å². The Kier molecular flexibility index (Phi) is 17.0. The van der Waals surface area contributed by atoms with Crippen molar-refractivity contribution in [3.8, 4) is 0 Å². The largest absolute Gasteiger partial charge is 3.00 e. The third-order valence-corrected chi connectivity index (χ3v) is 5.97. The summed E-state index contributed by atoms with van der Waals surface area (Å²) in [7, 11) is 0. The van der Waals surface area contributed by atoms with Crippen LogP contribution in [-0.4, -0.2) is 166 Å². The molecule has 15 nitrogen and oxygen atoms in total. The van der Waals surface area contributed by atoms with Crippen LogP contribution in [0.5, 0.6) is 0 Å². The average molecular weight is 686 g/mol. The summed E-state index contributed by atoms with van der Waals surface area (Å²) in [5.41, 5.74) is 0. The van der Waals surface area contributed by atoms with Gasteiger partial charge in [0.1, 0.15) is 0 Å². The van der Waals surface area contributed by atoms with Crippen LogP contribution in [0.4, 0.5) is 0 Å². The van der Waals surface area contributed by atoms with Crippen molar-refractivity contribution in [2.75, 3.05) is 112 Å². The van der Waals surface area contributed by atoms with Crippen LogP contribution >= 0.6 is 0 Å². The summed E-state index contributed by atoms with van der Waals surface area (Å²) in [4.78, 5) is 66.1. The second-order valence-corrected chi connectivity index (χ2v) is 8.80. The van der Waals surface area contributed by atoms with Gasteiger partial charge in [-0.1, -0.05) is 0 Å². The first-order chi connectivity index (χ1) is 17.6. The zero-order valence-electron chi connectivity index (χ0n) is 21.2. The van der Waals surface area contributed by atoms with Crippen molar-refractivity contribution in [3.63, 3.8) is 0 Å². The molecule has 2 aliphatic rings. The number of aliphatic carboxylic acids is 3. The molecule has 0 aromatic rings. The maximum absolute atomic E-state index is 12.5. The maximum Gasteiger partial charge on any atom is 3.00 e. The van der Waals surface area contributed by atoms with Gasteiger partial charge in [0, 0.05) is 72.0 Å². The molecule has 2 fully saturated rings. The minimum Gasteiger partial charge on any atom is -0.549 e. The fourth-order valence-corrected chi connectivity index (χ4v) is 4.02. The Balaban J connectivity index is 0.00000722. The summed E-state index contributed by atoms with van der Waals surface area (Å²) in [6.45, 7) is 1.35. The van der Waals surface area contributed by atoms with Gasteiger partial charge in [-0.25, -0.2) is 0 Å². The summed E-state index contributed by atoms with van der Waals surface area (Å²) >= 11 is 0. The molecule has 215 valence electrons. The second kappa shape index (κ2) is 18.7. The van der Waals surface area contributed by atoms with Crippen LogP contribution in [0.2, 0.25) is 0 Å². The number of carboxylic acid groups (broad SMARTS) is 3. The van der Waals surface area contributed by atoms with Crippen molar-refractivity contribution in [2.24, 2.45) is 0 Å². The molecule has 0 aromatic carbocycles. The SMILES string of the molecule is O=C([O-])CN(CCN(CC(=O)[O-])CC(=O)N1CCOCC1)CCN(CC(=O)[O-])CC(=O)N1CCOCC1.[Gd+3]. The van der Waals surface area contributed by atoms with Gasteiger partial charge in [0.2, 0.25) is 11.8 Å². The molecule has 0 saturated carbocycles. The van der Waals surface area contributed by atoms with Crippen molar-refractivity contribution in [1.29, 1.82) is 0 Å². The van der Waals surface area contributed by atoms with Gasteiger partial charge in [-0.2, -0.15) is 0 Å². The van der Waals surface area contributed by atoms with Gasteiger partial charge in [-0.3, -0.25) is 24.3 Å². The maximum atomic E-state index is 12.5. The molecule has 2 heterocycles. The predicted molar refractivity (Wildman–Crippen MR) is 119 cm³/mol. The van der Waals surface area contributed by atoms with Gasteiger partial charge in [0.25, 0.3) is 0 Å². The molecule has 0 N–H and O–H groups in total. The van der Waals surface area contributed by atoms with Gasteiger partial charge >= 0.3 is 39.9 Å². The van der Waals surface area contributed by atoms with Gasteiger partial charge in [-0.15, -0.1) is 0 Å². The van der Waals surface area contributed by atoms with Crippen molar-refractivity contribution in [3.05, 3.63) is 0 Å². The smallest absolute Gasteiger partial charge is 0.549 e. The molecule has 2 amide bonds. The van der Waals surface area contributed by atoms with Crippen LogP contribution in [0.15, 0.2) is 0 Å². The third-order valence-electron chi connectivity index (χ3n) is 5.97. The normalized spacial score (nSPS) is 16.0. The van der Waals surface area contributed by atoms with Gasteiger partial charge in [-0.05, 0) is 0 Å². The summed E-state index contributed by atoms with van der Waals surface area (Å²) in [6.07, 6.45) is 0. The van der Waals surface area contributed by atoms with Crippen molar-refractivity contribution >= 4 is 29.7 Å². The topological polar surface area (TPSA) is 189 Å². The summed E-state index contributed by atoms with van der Waals surface area (Å²) in [5.74, 6) is -4.71. The third kappa shape index (κ3) is 14.0. The number of carbonyl (C=O) groups excluding carboxylic acids is 5. The molecule has 2 aliphatic heterocycles. The molecule has 0 spiro atoms. The molecule has 1 radical (unpaired) electrons. The number of hydrogen-bond acceptors (Lipinski definition) is 13. The zero-order chi connectivity index (χ0) is 27.2. The minimum atomic E-state index is -1.39. The Morgan fingerprint density at radius 2 is 0.816 bits per heavy atom. The quantitative estimate of drug-likeness (QED) is 0.149. The predicted octanol–water partition coefficient (Wildman–Crippen LogP) is -7.14. The second-order valence-electron chi connectivity index (χ2n) is 8.80. The van der Waals surface area contributed by atoms with E-state index < -0.39 is 37.5 Å². The number of nitrogens with zero attached hydrogens (tertiary/aromatic N) is 5. The fourth-order valence-electron chi connectivity index (χ4n) is 4.02. The Bertz CT molecular complexity index is 736. The van der Waals surface area contributed by atoms with E-state index in [2.05, 4.69) is 0 Å². The summed E-state index contributed by atoms with van der Waals surface area (Å²) < 4.78 is 10.4. The van der Waals surface area contributed by atoms with E-state index in [9.17, 15) is 39.3 Å². The molecule has 0 aliphatic carbocycles. The first-order valence-electron chi connectivity index (χ1n) is 12.1. The number of hydrogen-bond donors (Lipinski definition) is 0. The first kappa shape index (κ1) is 34.5. The van der Waals surface area contributed by atoms with E-state index in [0.29, 0.717) is 52.6 Å². The fraction of sp³-hybridized carbons (Fsp3) is 0.773. The standard InChI is InChI=1S/C22H37N5O10.Gd/c28-18(26-5-9-36-10-6-26)13-24(16-21(32)33)3-1-23(15-20(30)31)2-4-25(17-22(34)35)14-19(29)27-7-11-37-12-8-27;/h1-17H2,(H,30,31)(H,32,33)(H,34,35);/q;+3/p-3. The molecule has 0 unspecified atom stereocenters. The van der Waals surface area contributed by atoms with Crippen LogP contribution in [0.3, 0.4) is 0 Å². The Morgan fingerprint density at radius 1 is 0.526 bits per heavy atom. The average Bonchev–Trinajstić information content (AvgIpc) is 2.85. The number of carboxylic acids is 3. The molecule has 2 saturated heterocycles. The van der Waals surface area contributed by atoms with Gasteiger partial charge < -0.3 is 49.0 Å². The number of ether oxygens (including phenoxy) is 2. The molecular weight excluding hydrogens is 652 g/mol. The number of morpholine rings is 2. The summed E-state index contributed by atoms with van der Waals surface area (Å²) in [5, 5.41) is 33.7. The van der Waals surface area contributed by atoms with Crippen LogP contribution in [0, 0.1) is 39.9 Å². The van der Waals surface area contributed by atoms with Crippen molar-refractivity contribution in [2.45, 2.75) is 0 Å². The monoisotopic (exact) mass is 686 g/mol. The van der Waals surface area contributed by atoms with E-state index in [4.69, 9.17) is 9.47 Å². The Labute approximate surface area is 253 Å². The van der Waals surface area contributed by atoms with E-state index in [1.165, 1.54) is 14.7 Å². The van der Waals surface area contributed by atoms with E-state index in [1.54, 1.807) is 9.80 Å². The van der Waals surface area contributed by atoms with E-state index in [0.717, 1.165) is 0 Å². The van der Waals surface area contributed by atoms with Crippen LogP contribution in [0.25, 0.3) is 0 Å². The molecule has 38 heavy (non-hydrogen) atoms. The van der Waals surface area contributed by atoms with Crippen LogP contribution in [-0.2, 0) is 33.4 Å². The molecule has 0 aromatic heterocycles. The van der Waals surface area contributed by atoms with Crippen LogP contribution in [0.1, 0.15) is 0 Å². The minimum absolute atomic E-state index is 0. The van der Waals surface area contributed by atoms with E-state index >= 15 is 0 Å². The van der Waals surface area contributed by atoms with Crippen molar-refractivity contribution < 1.29 is 88.7 Å². The van der Waals surface area contributed by atoms with Crippen molar-refractivity contribution in [1.82, 2.24) is 24.5 Å². The zero-order valence-corrected chi connectivity index (χ0v) is 23.5. The number of carbonyl (C=O) groups is 5. The van der Waals surface area contributed by atoms with E-state index in [-0.39, 0.29) is 91.0 Å². The molecule has 16 heteroatoms. The van der Waals surface area contributed by atoms with Gasteiger partial charge in [0.05, 0.1) is 57.4 Å². The first-order valence-corrected chi connectivity index (χ1v) is 12.1. The molecule has 0 atom stereocenters. The Morgan fingerprint density at radius 3 is 1.13 bits per heavy atom. The summed E-state index contributed by atoms with van der Waals surface area (Å²) in [6, 6.07) is 0. The molecular formula is C22H34GdN5O10. The van der Waals surface area contributed by atoms with E-state index in [1.807, 2.05) is 0 Å². The Hall–Kier alpha value is -1.53. The molecule has 2 rings (SSSR count). The number of rotatable bonds is 16. The number of amides is 2. The molecule has 0 bridgehead atoms.